The van der Waals surface area contributed by atoms with E-state index in [1.54, 1.807) is 36.4 Å². The monoisotopic (exact) mass is 456 g/mol. The van der Waals surface area contributed by atoms with Gasteiger partial charge in [0.1, 0.15) is 5.82 Å². The molecule has 1 N–H and O–H groups in total. The van der Waals surface area contributed by atoms with Gasteiger partial charge in [0.2, 0.25) is 11.7 Å². The van der Waals surface area contributed by atoms with Crippen LogP contribution in [-0.2, 0) is 6.54 Å². The highest BCUT2D eigenvalue weighted by Crippen LogP contribution is 2.26. The normalized spacial score (nSPS) is 14.2. The predicted molar refractivity (Wildman–Crippen MR) is 112 cm³/mol. The van der Waals surface area contributed by atoms with E-state index in [0.29, 0.717) is 29.2 Å². The molecule has 1 aliphatic rings. The zero-order valence-corrected chi connectivity index (χ0v) is 17.3. The average molecular weight is 456 g/mol. The summed E-state index contributed by atoms with van der Waals surface area (Å²) in [5.41, 5.74) is 2.47. The highest BCUT2D eigenvalue weighted by molar-refractivity contribution is 5.61. The van der Waals surface area contributed by atoms with Crippen LogP contribution in [0, 0.1) is 5.82 Å². The van der Waals surface area contributed by atoms with E-state index in [1.807, 2.05) is 4.90 Å². The molecule has 12 heteroatoms. The van der Waals surface area contributed by atoms with Crippen LogP contribution in [0.5, 0.6) is 0 Å². The van der Waals surface area contributed by atoms with Crippen LogP contribution >= 0.6 is 0 Å². The molecule has 2 aromatic carbocycles. The number of rotatable bonds is 6. The number of nitrogens with one attached hydrogen (secondary N) is 1. The maximum absolute atomic E-state index is 14.7. The number of alkyl halides is 2. The molecule has 1 saturated heterocycles. The third-order valence-electron chi connectivity index (χ3n) is 5.27. The molecule has 1 fully saturated rings. The summed E-state index contributed by atoms with van der Waals surface area (Å²) in [4.78, 5) is 3.40. The lowest BCUT2D eigenvalue weighted by molar-refractivity contribution is 0.116. The van der Waals surface area contributed by atoms with Crippen molar-refractivity contribution in [2.24, 2.45) is 0 Å². The SMILES string of the molecule is Fc1cc(-c2nnn(Cc3ccc(-c4nnc(C(F)F)o4)cc3)n2)ccc1N1CCNCC1. The Bertz CT molecular complexity index is 1230. The Balaban J connectivity index is 1.27. The van der Waals surface area contributed by atoms with Crippen LogP contribution in [0.1, 0.15) is 17.9 Å². The molecule has 9 nitrogen and oxygen atoms in total. The maximum atomic E-state index is 14.7. The highest BCUT2D eigenvalue weighted by Gasteiger charge is 2.18. The molecule has 0 aliphatic carbocycles. The Morgan fingerprint density at radius 1 is 0.970 bits per heavy atom. The Hall–Kier alpha value is -3.80. The summed E-state index contributed by atoms with van der Waals surface area (Å²) in [7, 11) is 0. The summed E-state index contributed by atoms with van der Waals surface area (Å²) in [6.45, 7) is 3.47. The molecule has 2 aromatic heterocycles. The zero-order chi connectivity index (χ0) is 22.8. The van der Waals surface area contributed by atoms with Gasteiger partial charge in [-0.2, -0.15) is 13.6 Å². The van der Waals surface area contributed by atoms with Crippen molar-refractivity contribution in [2.75, 3.05) is 31.1 Å². The zero-order valence-electron chi connectivity index (χ0n) is 17.3. The van der Waals surface area contributed by atoms with E-state index in [1.165, 1.54) is 10.9 Å². The summed E-state index contributed by atoms with van der Waals surface area (Å²) in [5, 5.41) is 22.6. The van der Waals surface area contributed by atoms with Gasteiger partial charge in [-0.05, 0) is 41.1 Å². The van der Waals surface area contributed by atoms with Crippen molar-refractivity contribution >= 4 is 5.69 Å². The van der Waals surface area contributed by atoms with E-state index in [-0.39, 0.29) is 11.7 Å². The first kappa shape index (κ1) is 21.1. The summed E-state index contributed by atoms with van der Waals surface area (Å²) in [6, 6.07) is 11.9. The van der Waals surface area contributed by atoms with Gasteiger partial charge in [0.25, 0.3) is 5.89 Å². The minimum Gasteiger partial charge on any atom is -0.415 e. The fourth-order valence-corrected chi connectivity index (χ4v) is 3.59. The first-order valence-corrected chi connectivity index (χ1v) is 10.3. The van der Waals surface area contributed by atoms with Crippen molar-refractivity contribution in [3.63, 3.8) is 0 Å². The van der Waals surface area contributed by atoms with Crippen molar-refractivity contribution in [2.45, 2.75) is 13.0 Å². The number of piperazine rings is 1. The number of tetrazole rings is 1. The van der Waals surface area contributed by atoms with E-state index < -0.39 is 12.3 Å². The molecule has 0 amide bonds. The van der Waals surface area contributed by atoms with E-state index in [0.717, 1.165) is 31.7 Å². The quantitative estimate of drug-likeness (QED) is 0.473. The van der Waals surface area contributed by atoms with Crippen molar-refractivity contribution < 1.29 is 17.6 Å². The van der Waals surface area contributed by atoms with Crippen molar-refractivity contribution in [3.8, 4) is 22.8 Å². The van der Waals surface area contributed by atoms with Gasteiger partial charge in [0, 0.05) is 37.3 Å². The third-order valence-corrected chi connectivity index (χ3v) is 5.27. The topological polar surface area (TPSA) is 97.8 Å². The van der Waals surface area contributed by atoms with E-state index in [9.17, 15) is 13.2 Å². The van der Waals surface area contributed by atoms with Gasteiger partial charge >= 0.3 is 6.43 Å². The van der Waals surface area contributed by atoms with E-state index >= 15 is 0 Å². The smallest absolute Gasteiger partial charge is 0.314 e. The lowest BCUT2D eigenvalue weighted by Crippen LogP contribution is -2.43. The minimum absolute atomic E-state index is 0.0179. The summed E-state index contributed by atoms with van der Waals surface area (Å²) >= 11 is 0. The van der Waals surface area contributed by atoms with Crippen molar-refractivity contribution in [1.29, 1.82) is 0 Å². The summed E-state index contributed by atoms with van der Waals surface area (Å²) in [6.07, 6.45) is -2.81. The second-order valence-corrected chi connectivity index (χ2v) is 7.49. The number of hydrogen-bond acceptors (Lipinski definition) is 8. The first-order chi connectivity index (χ1) is 16.1. The molecule has 170 valence electrons. The van der Waals surface area contributed by atoms with Crippen LogP contribution in [-0.4, -0.2) is 56.6 Å². The highest BCUT2D eigenvalue weighted by atomic mass is 19.3. The standard InChI is InChI=1S/C21H19F3N8O/c22-16-11-15(5-6-17(16)31-9-7-25-8-10-31)19-26-30-32(29-19)12-13-1-3-14(4-2-13)20-27-28-21(33-20)18(23)24/h1-6,11,18,25H,7-10,12H2. The van der Waals surface area contributed by atoms with Crippen molar-refractivity contribution in [1.82, 2.24) is 35.7 Å². The van der Waals surface area contributed by atoms with Gasteiger partial charge in [0.15, 0.2) is 0 Å². The van der Waals surface area contributed by atoms with Gasteiger partial charge < -0.3 is 14.6 Å². The molecule has 0 saturated carbocycles. The fourth-order valence-electron chi connectivity index (χ4n) is 3.59. The largest absolute Gasteiger partial charge is 0.415 e. The van der Waals surface area contributed by atoms with Gasteiger partial charge in [-0.1, -0.05) is 12.1 Å². The van der Waals surface area contributed by atoms with Crippen LogP contribution in [0.15, 0.2) is 46.9 Å². The molecule has 5 rings (SSSR count). The number of hydrogen-bond donors (Lipinski definition) is 1. The van der Waals surface area contributed by atoms with Crippen LogP contribution in [0.25, 0.3) is 22.8 Å². The molecule has 3 heterocycles. The molecule has 4 aromatic rings. The van der Waals surface area contributed by atoms with Crippen LogP contribution in [0.4, 0.5) is 18.9 Å². The summed E-state index contributed by atoms with van der Waals surface area (Å²) < 4.78 is 44.9. The number of halogens is 3. The fraction of sp³-hybridized carbons (Fsp3) is 0.286. The Kier molecular flexibility index (Phi) is 5.73. The molecule has 33 heavy (non-hydrogen) atoms. The van der Waals surface area contributed by atoms with E-state index in [4.69, 9.17) is 4.42 Å². The lowest BCUT2D eigenvalue weighted by Gasteiger charge is -2.29. The number of benzene rings is 2. The molecule has 0 unspecified atom stereocenters. The van der Waals surface area contributed by atoms with Gasteiger partial charge in [-0.3, -0.25) is 0 Å². The van der Waals surface area contributed by atoms with Crippen LogP contribution in [0.2, 0.25) is 0 Å². The summed E-state index contributed by atoms with van der Waals surface area (Å²) in [5.74, 6) is -0.699. The Morgan fingerprint density at radius 2 is 1.73 bits per heavy atom. The molecule has 0 radical (unpaired) electrons. The third kappa shape index (κ3) is 4.55. The molecular weight excluding hydrogens is 437 g/mol. The van der Waals surface area contributed by atoms with Gasteiger partial charge in [0.05, 0.1) is 12.2 Å². The predicted octanol–water partition coefficient (Wildman–Crippen LogP) is 2.92. The second-order valence-electron chi connectivity index (χ2n) is 7.49. The number of aromatic nitrogens is 6. The lowest BCUT2D eigenvalue weighted by atomic mass is 10.1. The molecule has 0 bridgehead atoms. The van der Waals surface area contributed by atoms with E-state index in [2.05, 4.69) is 30.9 Å². The Morgan fingerprint density at radius 3 is 2.42 bits per heavy atom. The average Bonchev–Trinajstić information content (AvgIpc) is 3.51. The number of anilines is 1. The van der Waals surface area contributed by atoms with Crippen LogP contribution < -0.4 is 10.2 Å². The molecule has 1 aliphatic heterocycles. The molecule has 0 atom stereocenters. The van der Waals surface area contributed by atoms with Gasteiger partial charge in [-0.15, -0.1) is 20.4 Å². The van der Waals surface area contributed by atoms with Gasteiger partial charge in [-0.25, -0.2) is 4.39 Å². The number of nitrogens with zero attached hydrogens (tertiary/aromatic N) is 7. The molecular formula is C21H19F3N8O. The van der Waals surface area contributed by atoms with Crippen LogP contribution in [0.3, 0.4) is 0 Å². The Labute approximate surface area is 186 Å². The van der Waals surface area contributed by atoms with Crippen molar-refractivity contribution in [3.05, 3.63) is 59.7 Å². The first-order valence-electron chi connectivity index (χ1n) is 10.3. The second kappa shape index (κ2) is 8.98. The minimum atomic E-state index is -2.81. The maximum Gasteiger partial charge on any atom is 0.314 e. The molecule has 0 spiro atoms.